The Morgan fingerprint density at radius 1 is 1.16 bits per heavy atom. The van der Waals surface area contributed by atoms with E-state index < -0.39 is 29.1 Å². The quantitative estimate of drug-likeness (QED) is 0.879. The van der Waals surface area contributed by atoms with E-state index in [4.69, 9.17) is 5.73 Å². The molecule has 0 saturated heterocycles. The third kappa shape index (κ3) is 2.53. The lowest BCUT2D eigenvalue weighted by Crippen LogP contribution is -2.10. The number of anilines is 1. The zero-order chi connectivity index (χ0) is 14.2. The second-order valence-corrected chi connectivity index (χ2v) is 4.17. The Bertz CT molecular complexity index is 608. The second-order valence-electron chi connectivity index (χ2n) is 4.17. The van der Waals surface area contributed by atoms with Crippen LogP contribution in [0.4, 0.5) is 19.0 Å². The van der Waals surface area contributed by atoms with E-state index in [-0.39, 0.29) is 11.4 Å². The van der Waals surface area contributed by atoms with Gasteiger partial charge in [0.15, 0.2) is 0 Å². The molecule has 0 bridgehead atoms. The van der Waals surface area contributed by atoms with Gasteiger partial charge in [-0.1, -0.05) is 0 Å². The van der Waals surface area contributed by atoms with Crippen LogP contribution < -0.4 is 5.73 Å². The van der Waals surface area contributed by atoms with Gasteiger partial charge in [0, 0.05) is 23.9 Å². The lowest BCUT2D eigenvalue weighted by atomic mass is 10.00. The van der Waals surface area contributed by atoms with E-state index in [0.29, 0.717) is 17.7 Å². The first-order valence-corrected chi connectivity index (χ1v) is 5.44. The Morgan fingerprint density at radius 2 is 1.74 bits per heavy atom. The van der Waals surface area contributed by atoms with Crippen molar-refractivity contribution in [1.82, 2.24) is 4.98 Å². The van der Waals surface area contributed by atoms with Crippen LogP contribution >= 0.6 is 0 Å². The van der Waals surface area contributed by atoms with Crippen LogP contribution in [0.2, 0.25) is 0 Å². The molecule has 2 rings (SSSR count). The van der Waals surface area contributed by atoms with E-state index in [1.54, 1.807) is 6.92 Å². The van der Waals surface area contributed by atoms with Gasteiger partial charge in [0.1, 0.15) is 29.4 Å². The van der Waals surface area contributed by atoms with Gasteiger partial charge in [0.05, 0.1) is 5.56 Å². The summed E-state index contributed by atoms with van der Waals surface area (Å²) in [5.74, 6) is -3.45. The van der Waals surface area contributed by atoms with E-state index in [9.17, 15) is 18.3 Å². The molecule has 0 fully saturated rings. The van der Waals surface area contributed by atoms with E-state index >= 15 is 0 Å². The van der Waals surface area contributed by atoms with Gasteiger partial charge in [0.2, 0.25) is 0 Å². The van der Waals surface area contributed by atoms with Crippen LogP contribution in [0.3, 0.4) is 0 Å². The molecule has 0 saturated carbocycles. The average molecular weight is 268 g/mol. The fourth-order valence-corrected chi connectivity index (χ4v) is 1.79. The van der Waals surface area contributed by atoms with Gasteiger partial charge >= 0.3 is 0 Å². The van der Waals surface area contributed by atoms with Crippen LogP contribution in [0.5, 0.6) is 0 Å². The van der Waals surface area contributed by atoms with Crippen molar-refractivity contribution in [2.75, 3.05) is 5.73 Å². The second kappa shape index (κ2) is 4.89. The number of benzene rings is 1. The van der Waals surface area contributed by atoms with Gasteiger partial charge in [-0.3, -0.25) is 0 Å². The Morgan fingerprint density at radius 3 is 2.32 bits per heavy atom. The van der Waals surface area contributed by atoms with E-state index in [1.165, 1.54) is 12.3 Å². The van der Waals surface area contributed by atoms with Crippen molar-refractivity contribution < 1.29 is 18.3 Å². The minimum Gasteiger partial charge on any atom is -0.383 e. The number of rotatable bonds is 2. The molecule has 1 unspecified atom stereocenters. The van der Waals surface area contributed by atoms with Crippen LogP contribution in [0.15, 0.2) is 24.4 Å². The minimum atomic E-state index is -1.65. The number of halogens is 3. The van der Waals surface area contributed by atoms with Gasteiger partial charge in [-0.05, 0) is 18.6 Å². The van der Waals surface area contributed by atoms with Crippen LogP contribution in [-0.4, -0.2) is 10.1 Å². The van der Waals surface area contributed by atoms with Crippen molar-refractivity contribution in [1.29, 1.82) is 0 Å². The molecule has 0 radical (unpaired) electrons. The summed E-state index contributed by atoms with van der Waals surface area (Å²) in [6.07, 6.45) is -0.184. The van der Waals surface area contributed by atoms with E-state index in [1.807, 2.05) is 0 Å². The van der Waals surface area contributed by atoms with Gasteiger partial charge < -0.3 is 10.8 Å². The molecule has 3 nitrogen and oxygen atoms in total. The number of nitrogens with zero attached hydrogens (tertiary/aromatic N) is 1. The highest BCUT2D eigenvalue weighted by Gasteiger charge is 2.23. The maximum Gasteiger partial charge on any atom is 0.135 e. The summed E-state index contributed by atoms with van der Waals surface area (Å²) in [5.41, 5.74) is 5.66. The fourth-order valence-electron chi connectivity index (χ4n) is 1.79. The van der Waals surface area contributed by atoms with Crippen LogP contribution in [-0.2, 0) is 0 Å². The first-order chi connectivity index (χ1) is 8.90. The third-order valence-corrected chi connectivity index (χ3v) is 2.70. The van der Waals surface area contributed by atoms with Gasteiger partial charge in [0.25, 0.3) is 0 Å². The highest BCUT2D eigenvalue weighted by atomic mass is 19.1. The highest BCUT2D eigenvalue weighted by Crippen LogP contribution is 2.30. The number of aliphatic hydroxyl groups excluding tert-OH is 1. The van der Waals surface area contributed by atoms with Crippen molar-refractivity contribution in [3.63, 3.8) is 0 Å². The topological polar surface area (TPSA) is 59.1 Å². The predicted octanol–water partition coefficient (Wildman–Crippen LogP) is 2.47. The molecule has 1 aromatic carbocycles. The van der Waals surface area contributed by atoms with Gasteiger partial charge in [-0.15, -0.1) is 0 Å². The molecule has 6 heteroatoms. The van der Waals surface area contributed by atoms with E-state index in [2.05, 4.69) is 4.98 Å². The average Bonchev–Trinajstić information content (AvgIpc) is 2.30. The molecule has 1 aromatic heterocycles. The first kappa shape index (κ1) is 13.4. The molecule has 2 aromatic rings. The van der Waals surface area contributed by atoms with Crippen molar-refractivity contribution in [3.8, 4) is 0 Å². The number of aliphatic hydroxyl groups is 1. The molecule has 1 heterocycles. The zero-order valence-corrected chi connectivity index (χ0v) is 9.99. The smallest absolute Gasteiger partial charge is 0.135 e. The summed E-state index contributed by atoms with van der Waals surface area (Å²) in [6.45, 7) is 1.69. The number of nitrogens with two attached hydrogens (primary N) is 1. The molecular weight excluding hydrogens is 257 g/mol. The van der Waals surface area contributed by atoms with Crippen LogP contribution in [0, 0.1) is 24.4 Å². The summed E-state index contributed by atoms with van der Waals surface area (Å²) in [7, 11) is 0. The standard InChI is InChI=1S/C13H11F3N2O/c1-6-2-8(13(17)18-5-6)12(19)11-9(15)3-7(14)4-10(11)16/h2-5,12,19H,1H3,(H2,17,18). The molecule has 100 valence electrons. The normalized spacial score (nSPS) is 12.5. The molecule has 0 aliphatic carbocycles. The predicted molar refractivity (Wildman–Crippen MR) is 63.8 cm³/mol. The zero-order valence-electron chi connectivity index (χ0n) is 9.99. The van der Waals surface area contributed by atoms with E-state index in [0.717, 1.165) is 0 Å². The Kier molecular flexibility index (Phi) is 3.44. The Hall–Kier alpha value is -2.08. The number of hydrogen-bond donors (Lipinski definition) is 2. The SMILES string of the molecule is Cc1cnc(N)c(C(O)c2c(F)cc(F)cc2F)c1. The molecule has 0 aliphatic heterocycles. The number of aromatic nitrogens is 1. The van der Waals surface area contributed by atoms with Crippen molar-refractivity contribution in [3.05, 3.63) is 58.5 Å². The first-order valence-electron chi connectivity index (χ1n) is 5.44. The van der Waals surface area contributed by atoms with Gasteiger partial charge in [-0.2, -0.15) is 0 Å². The van der Waals surface area contributed by atoms with Gasteiger partial charge in [-0.25, -0.2) is 18.2 Å². The lowest BCUT2D eigenvalue weighted by molar-refractivity contribution is 0.209. The number of hydrogen-bond acceptors (Lipinski definition) is 3. The molecular formula is C13H11F3N2O. The Balaban J connectivity index is 2.56. The van der Waals surface area contributed by atoms with Crippen molar-refractivity contribution in [2.45, 2.75) is 13.0 Å². The van der Waals surface area contributed by atoms with Crippen molar-refractivity contribution in [2.24, 2.45) is 0 Å². The monoisotopic (exact) mass is 268 g/mol. The highest BCUT2D eigenvalue weighted by molar-refractivity contribution is 5.46. The number of pyridine rings is 1. The number of nitrogen functional groups attached to an aromatic ring is 1. The Labute approximate surface area is 107 Å². The summed E-state index contributed by atoms with van der Waals surface area (Å²) < 4.78 is 40.0. The molecule has 1 atom stereocenters. The minimum absolute atomic E-state index is 0.0405. The maximum absolute atomic E-state index is 13.6. The summed E-state index contributed by atoms with van der Waals surface area (Å²) >= 11 is 0. The molecule has 19 heavy (non-hydrogen) atoms. The summed E-state index contributed by atoms with van der Waals surface area (Å²) in [4.78, 5) is 3.80. The molecule has 0 aliphatic rings. The lowest BCUT2D eigenvalue weighted by Gasteiger charge is -2.15. The maximum atomic E-state index is 13.6. The summed E-state index contributed by atoms with van der Waals surface area (Å²) in [5, 5.41) is 10.0. The molecule has 0 amide bonds. The van der Waals surface area contributed by atoms with Crippen LogP contribution in [0.25, 0.3) is 0 Å². The third-order valence-electron chi connectivity index (χ3n) is 2.70. The molecule has 0 spiro atoms. The summed E-state index contributed by atoms with van der Waals surface area (Å²) in [6, 6.07) is 2.47. The fraction of sp³-hybridized carbons (Fsp3) is 0.154. The largest absolute Gasteiger partial charge is 0.383 e. The number of aryl methyl sites for hydroxylation is 1. The van der Waals surface area contributed by atoms with Crippen molar-refractivity contribution >= 4 is 5.82 Å². The molecule has 3 N–H and O–H groups in total. The van der Waals surface area contributed by atoms with Crippen LogP contribution in [0.1, 0.15) is 22.8 Å².